The first-order valence-corrected chi connectivity index (χ1v) is 10.00. The highest BCUT2D eigenvalue weighted by Gasteiger charge is 2.26. The first kappa shape index (κ1) is 10.1. The van der Waals surface area contributed by atoms with E-state index >= 15 is 0 Å². The van der Waals surface area contributed by atoms with Gasteiger partial charge in [-0.25, -0.2) is 0 Å². The molecule has 0 fully saturated rings. The predicted molar refractivity (Wildman–Crippen MR) is 52.1 cm³/mol. The average Bonchev–Trinajstić information content (AvgIpc) is 1.60. The molecule has 0 aliphatic carbocycles. The molecule has 0 aromatic rings. The van der Waals surface area contributed by atoms with Crippen molar-refractivity contribution in [2.45, 2.75) is 32.7 Å². The molecular weight excluding hydrogens is 156 g/mol. The summed E-state index contributed by atoms with van der Waals surface area (Å²) in [6.07, 6.45) is 0. The van der Waals surface area contributed by atoms with E-state index < -0.39 is 16.6 Å². The molecule has 0 radical (unpaired) electrons. The molecule has 0 aromatic carbocycles. The Labute approximate surface area is 66.4 Å². The van der Waals surface area contributed by atoms with Gasteiger partial charge in [0, 0.05) is 0 Å². The van der Waals surface area contributed by atoms with Gasteiger partial charge in [-0.15, -0.1) is 6.58 Å². The molecule has 0 rings (SSSR count). The Hall–Kier alpha value is 0.134. The lowest BCUT2D eigenvalue weighted by Gasteiger charge is -2.28. The summed E-state index contributed by atoms with van der Waals surface area (Å²) in [6, 6.07) is 0. The van der Waals surface area contributed by atoms with Crippen LogP contribution in [0, 0.1) is 0 Å². The van der Waals surface area contributed by atoms with E-state index in [2.05, 4.69) is 39.3 Å². The van der Waals surface area contributed by atoms with Crippen molar-refractivity contribution in [2.75, 3.05) is 0 Å². The molecule has 0 bridgehead atoms. The van der Waals surface area contributed by atoms with E-state index in [4.69, 9.17) is 4.12 Å². The number of rotatable bonds is 3. The van der Waals surface area contributed by atoms with Crippen LogP contribution < -0.4 is 0 Å². The SMILES string of the molecule is C=C[Si](C)(C)O[Si](C)(C)C. The lowest BCUT2D eigenvalue weighted by atomic mass is 11.3. The molecule has 60 valence electrons. The predicted octanol–water partition coefficient (Wildman–Crippen LogP) is 2.77. The second kappa shape index (κ2) is 3.02. The first-order valence-electron chi connectivity index (χ1n) is 3.61. The smallest absolute Gasteiger partial charge is 0.197 e. The van der Waals surface area contributed by atoms with Gasteiger partial charge in [0.15, 0.2) is 16.6 Å². The van der Waals surface area contributed by atoms with Crippen molar-refractivity contribution in [2.24, 2.45) is 0 Å². The molecule has 0 heterocycles. The van der Waals surface area contributed by atoms with Gasteiger partial charge in [0.05, 0.1) is 0 Å². The van der Waals surface area contributed by atoms with Crippen molar-refractivity contribution < 1.29 is 4.12 Å². The molecule has 0 aromatic heterocycles. The van der Waals surface area contributed by atoms with E-state index in [1.807, 2.05) is 5.70 Å². The van der Waals surface area contributed by atoms with Crippen molar-refractivity contribution in [3.63, 3.8) is 0 Å². The fourth-order valence-electron chi connectivity index (χ4n) is 0.831. The van der Waals surface area contributed by atoms with Gasteiger partial charge in [-0.2, -0.15) is 0 Å². The van der Waals surface area contributed by atoms with Gasteiger partial charge >= 0.3 is 0 Å². The third kappa shape index (κ3) is 4.96. The molecular formula is C7H18OSi2. The fourth-order valence-corrected chi connectivity index (χ4v) is 7.48. The Morgan fingerprint density at radius 3 is 1.60 bits per heavy atom. The molecule has 0 atom stereocenters. The maximum absolute atomic E-state index is 5.93. The molecule has 3 heteroatoms. The van der Waals surface area contributed by atoms with E-state index in [-0.39, 0.29) is 0 Å². The molecule has 0 N–H and O–H groups in total. The zero-order valence-corrected chi connectivity index (χ0v) is 9.69. The Morgan fingerprint density at radius 2 is 1.50 bits per heavy atom. The van der Waals surface area contributed by atoms with Crippen LogP contribution in [-0.4, -0.2) is 16.6 Å². The molecule has 0 amide bonds. The Kier molecular flexibility index (Phi) is 3.07. The van der Waals surface area contributed by atoms with Crippen molar-refractivity contribution in [3.8, 4) is 0 Å². The van der Waals surface area contributed by atoms with Gasteiger partial charge in [0.25, 0.3) is 0 Å². The van der Waals surface area contributed by atoms with Crippen molar-refractivity contribution >= 4 is 16.6 Å². The van der Waals surface area contributed by atoms with E-state index in [9.17, 15) is 0 Å². The molecule has 0 aliphatic heterocycles. The van der Waals surface area contributed by atoms with Crippen LogP contribution in [0.2, 0.25) is 32.7 Å². The zero-order valence-electron chi connectivity index (χ0n) is 7.69. The summed E-state index contributed by atoms with van der Waals surface area (Å²) in [5.74, 6) is 0. The quantitative estimate of drug-likeness (QED) is 0.598. The molecule has 0 saturated carbocycles. The highest BCUT2D eigenvalue weighted by Crippen LogP contribution is 2.13. The van der Waals surface area contributed by atoms with Gasteiger partial charge in [-0.05, 0) is 32.7 Å². The van der Waals surface area contributed by atoms with E-state index in [1.165, 1.54) is 0 Å². The topological polar surface area (TPSA) is 9.23 Å². The van der Waals surface area contributed by atoms with Crippen LogP contribution in [0.15, 0.2) is 12.3 Å². The van der Waals surface area contributed by atoms with Crippen LogP contribution in [0.25, 0.3) is 0 Å². The zero-order chi connectivity index (χ0) is 8.41. The largest absolute Gasteiger partial charge is 0.453 e. The van der Waals surface area contributed by atoms with Crippen LogP contribution in [0.4, 0.5) is 0 Å². The molecule has 0 unspecified atom stereocenters. The summed E-state index contributed by atoms with van der Waals surface area (Å²) < 4.78 is 5.93. The minimum Gasteiger partial charge on any atom is -0.453 e. The van der Waals surface area contributed by atoms with E-state index in [0.29, 0.717) is 0 Å². The molecule has 0 spiro atoms. The fraction of sp³-hybridized carbons (Fsp3) is 0.714. The maximum atomic E-state index is 5.93. The summed E-state index contributed by atoms with van der Waals surface area (Å²) in [5.41, 5.74) is 1.99. The summed E-state index contributed by atoms with van der Waals surface area (Å²) in [5, 5.41) is 0. The minimum absolute atomic E-state index is 1.32. The summed E-state index contributed by atoms with van der Waals surface area (Å²) in [4.78, 5) is 0. The van der Waals surface area contributed by atoms with Gasteiger partial charge in [-0.1, -0.05) is 5.70 Å². The summed E-state index contributed by atoms with van der Waals surface area (Å²) >= 11 is 0. The Balaban J connectivity index is 4.01. The van der Waals surface area contributed by atoms with Gasteiger partial charge in [-0.3, -0.25) is 0 Å². The van der Waals surface area contributed by atoms with Gasteiger partial charge < -0.3 is 4.12 Å². The molecule has 0 aliphatic rings. The van der Waals surface area contributed by atoms with Crippen LogP contribution in [0.5, 0.6) is 0 Å². The Bertz CT molecular complexity index is 124. The second-order valence-corrected chi connectivity index (χ2v) is 12.7. The van der Waals surface area contributed by atoms with Crippen LogP contribution >= 0.6 is 0 Å². The van der Waals surface area contributed by atoms with Gasteiger partial charge in [0.2, 0.25) is 0 Å². The highest BCUT2D eigenvalue weighted by atomic mass is 28.4. The van der Waals surface area contributed by atoms with Crippen LogP contribution in [0.3, 0.4) is 0 Å². The highest BCUT2D eigenvalue weighted by molar-refractivity contribution is 6.86. The van der Waals surface area contributed by atoms with Crippen LogP contribution in [0.1, 0.15) is 0 Å². The molecule has 10 heavy (non-hydrogen) atoms. The Morgan fingerprint density at radius 1 is 1.10 bits per heavy atom. The third-order valence-electron chi connectivity index (χ3n) is 1.06. The van der Waals surface area contributed by atoms with Crippen molar-refractivity contribution in [1.29, 1.82) is 0 Å². The van der Waals surface area contributed by atoms with E-state index in [1.54, 1.807) is 0 Å². The van der Waals surface area contributed by atoms with Crippen molar-refractivity contribution in [1.82, 2.24) is 0 Å². The van der Waals surface area contributed by atoms with E-state index in [0.717, 1.165) is 0 Å². The standard InChI is InChI=1S/C7H18OSi2/c1-7-10(5,6)8-9(2,3)4/h7H,1H2,2-6H3. The summed E-state index contributed by atoms with van der Waals surface area (Å²) in [6.45, 7) is 14.8. The van der Waals surface area contributed by atoms with Crippen molar-refractivity contribution in [3.05, 3.63) is 12.3 Å². The number of hydrogen-bond donors (Lipinski definition) is 0. The molecule has 1 nitrogen and oxygen atoms in total. The first-order chi connectivity index (χ1) is 4.27. The normalized spacial score (nSPS) is 13.3. The maximum Gasteiger partial charge on any atom is 0.197 e. The van der Waals surface area contributed by atoms with Gasteiger partial charge in [0.1, 0.15) is 0 Å². The summed E-state index contributed by atoms with van der Waals surface area (Å²) in [7, 11) is -2.81. The monoisotopic (exact) mass is 174 g/mol. The third-order valence-corrected chi connectivity index (χ3v) is 6.60. The minimum atomic E-state index is -1.49. The number of hydrogen-bond acceptors (Lipinski definition) is 1. The second-order valence-electron chi connectivity index (χ2n) is 4.02. The van der Waals surface area contributed by atoms with Crippen LogP contribution in [-0.2, 0) is 4.12 Å². The molecule has 0 saturated heterocycles. The lowest BCUT2D eigenvalue weighted by Crippen LogP contribution is -2.40. The average molecular weight is 174 g/mol. The lowest BCUT2D eigenvalue weighted by molar-refractivity contribution is 0.565.